The lowest BCUT2D eigenvalue weighted by Crippen LogP contribution is -2.51. The van der Waals surface area contributed by atoms with Crippen molar-refractivity contribution in [2.45, 2.75) is 45.2 Å². The predicted octanol–water partition coefficient (Wildman–Crippen LogP) is 4.90. The number of hydrogen-bond acceptors (Lipinski definition) is 5. The summed E-state index contributed by atoms with van der Waals surface area (Å²) >= 11 is 3.41. The van der Waals surface area contributed by atoms with Gasteiger partial charge in [-0.25, -0.2) is 8.42 Å². The second-order valence-electron chi connectivity index (χ2n) is 8.97. The molecule has 8 nitrogen and oxygen atoms in total. The van der Waals surface area contributed by atoms with Crippen LogP contribution in [0, 0.1) is 6.92 Å². The third-order valence-electron chi connectivity index (χ3n) is 6.11. The molecule has 3 rings (SSSR count). The summed E-state index contributed by atoms with van der Waals surface area (Å²) in [7, 11) is -4.14. The van der Waals surface area contributed by atoms with Gasteiger partial charge in [-0.3, -0.25) is 13.9 Å². The van der Waals surface area contributed by atoms with Crippen LogP contribution >= 0.6 is 15.9 Å². The van der Waals surface area contributed by atoms with Crippen molar-refractivity contribution in [3.8, 4) is 5.75 Å². The Bertz CT molecular complexity index is 1360. The van der Waals surface area contributed by atoms with Crippen molar-refractivity contribution in [1.82, 2.24) is 10.2 Å². The highest BCUT2D eigenvalue weighted by Crippen LogP contribution is 2.26. The Hall–Kier alpha value is -3.37. The van der Waals surface area contributed by atoms with Crippen molar-refractivity contribution in [2.75, 3.05) is 24.0 Å². The molecule has 0 saturated carbocycles. The van der Waals surface area contributed by atoms with Crippen LogP contribution in [0.3, 0.4) is 0 Å². The zero-order valence-electron chi connectivity index (χ0n) is 22.6. The Morgan fingerprint density at radius 3 is 2.13 bits per heavy atom. The van der Waals surface area contributed by atoms with E-state index >= 15 is 0 Å². The molecule has 0 spiro atoms. The second kappa shape index (κ2) is 13.6. The average molecular weight is 617 g/mol. The van der Waals surface area contributed by atoms with Gasteiger partial charge < -0.3 is 15.0 Å². The van der Waals surface area contributed by atoms with Gasteiger partial charge in [0.05, 0.1) is 17.2 Å². The maximum absolute atomic E-state index is 13.9. The van der Waals surface area contributed by atoms with Gasteiger partial charge in [0.25, 0.3) is 10.0 Å². The van der Waals surface area contributed by atoms with Crippen LogP contribution in [0.4, 0.5) is 5.69 Å². The number of amides is 2. The van der Waals surface area contributed by atoms with Crippen molar-refractivity contribution in [1.29, 1.82) is 0 Å². The smallest absolute Gasteiger partial charge is 0.264 e. The number of carbonyl (C=O) groups is 2. The number of nitrogens with one attached hydrogen (secondary N) is 1. The first-order chi connectivity index (χ1) is 18.6. The molecule has 39 heavy (non-hydrogen) atoms. The fourth-order valence-electron chi connectivity index (χ4n) is 3.93. The first-order valence-corrected chi connectivity index (χ1v) is 14.9. The molecule has 0 aliphatic heterocycles. The molecule has 3 aromatic carbocycles. The SMILES string of the molecule is CCNC(=O)[C@@H](C)N(Cc1ccc(Br)cc1)C(=O)CN(c1ccc(C)cc1)S(=O)(=O)c1ccc(OCC)cc1. The summed E-state index contributed by atoms with van der Waals surface area (Å²) in [5, 5.41) is 2.75. The Morgan fingerprint density at radius 1 is 0.949 bits per heavy atom. The number of sulfonamides is 1. The second-order valence-corrected chi connectivity index (χ2v) is 11.7. The van der Waals surface area contributed by atoms with Crippen LogP contribution in [-0.4, -0.2) is 50.9 Å². The maximum atomic E-state index is 13.9. The van der Waals surface area contributed by atoms with Gasteiger partial charge in [-0.1, -0.05) is 45.8 Å². The highest BCUT2D eigenvalue weighted by Gasteiger charge is 2.32. The Morgan fingerprint density at radius 2 is 1.56 bits per heavy atom. The minimum atomic E-state index is -4.14. The molecule has 0 aliphatic carbocycles. The van der Waals surface area contributed by atoms with E-state index in [0.717, 1.165) is 19.9 Å². The molecule has 0 radical (unpaired) electrons. The molecular weight excluding hydrogens is 582 g/mol. The summed E-state index contributed by atoms with van der Waals surface area (Å²) in [5.74, 6) is -0.281. The highest BCUT2D eigenvalue weighted by atomic mass is 79.9. The largest absolute Gasteiger partial charge is 0.494 e. The lowest BCUT2D eigenvalue weighted by Gasteiger charge is -2.32. The monoisotopic (exact) mass is 615 g/mol. The molecule has 0 bridgehead atoms. The van der Waals surface area contributed by atoms with Crippen LogP contribution in [0.5, 0.6) is 5.75 Å². The predicted molar refractivity (Wildman–Crippen MR) is 156 cm³/mol. The molecule has 0 unspecified atom stereocenters. The lowest BCUT2D eigenvalue weighted by molar-refractivity contribution is -0.139. The number of halogens is 1. The van der Waals surface area contributed by atoms with E-state index in [9.17, 15) is 18.0 Å². The fraction of sp³-hybridized carbons (Fsp3) is 0.310. The summed E-state index contributed by atoms with van der Waals surface area (Å²) in [6.07, 6.45) is 0. The first kappa shape index (κ1) is 30.2. The zero-order valence-corrected chi connectivity index (χ0v) is 25.0. The highest BCUT2D eigenvalue weighted by molar-refractivity contribution is 9.10. The number of likely N-dealkylation sites (N-methyl/N-ethyl adjacent to an activating group) is 1. The number of benzene rings is 3. The number of ether oxygens (including phenoxy) is 1. The molecule has 3 aromatic rings. The molecule has 0 aromatic heterocycles. The first-order valence-electron chi connectivity index (χ1n) is 12.7. The van der Waals surface area contributed by atoms with Crippen LogP contribution in [-0.2, 0) is 26.2 Å². The van der Waals surface area contributed by atoms with Gasteiger partial charge in [0.1, 0.15) is 18.3 Å². The molecule has 0 saturated heterocycles. The van der Waals surface area contributed by atoms with Gasteiger partial charge >= 0.3 is 0 Å². The molecule has 2 amide bonds. The number of rotatable bonds is 12. The standard InChI is InChI=1S/C29H34BrN3O5S/c1-5-31-29(35)22(4)32(19-23-9-11-24(30)12-10-23)28(34)20-33(25-13-7-21(3)8-14-25)39(36,37)27-17-15-26(16-18-27)38-6-2/h7-18,22H,5-6,19-20H2,1-4H3,(H,31,35)/t22-/m1/s1. The van der Waals surface area contributed by atoms with E-state index in [4.69, 9.17) is 4.74 Å². The van der Waals surface area contributed by atoms with Crippen molar-refractivity contribution in [2.24, 2.45) is 0 Å². The van der Waals surface area contributed by atoms with E-state index in [1.807, 2.05) is 38.1 Å². The number of hydrogen-bond donors (Lipinski definition) is 1. The summed E-state index contributed by atoms with van der Waals surface area (Å²) in [5.41, 5.74) is 2.10. The Balaban J connectivity index is 2.00. The molecule has 0 heterocycles. The summed E-state index contributed by atoms with van der Waals surface area (Å²) in [6, 6.07) is 19.6. The van der Waals surface area contributed by atoms with E-state index in [2.05, 4.69) is 21.2 Å². The van der Waals surface area contributed by atoms with Gasteiger partial charge in [-0.15, -0.1) is 0 Å². The van der Waals surface area contributed by atoms with Gasteiger partial charge in [0.2, 0.25) is 11.8 Å². The Labute approximate surface area is 239 Å². The van der Waals surface area contributed by atoms with Gasteiger partial charge in [0, 0.05) is 17.6 Å². The maximum Gasteiger partial charge on any atom is 0.264 e. The molecular formula is C29H34BrN3O5S. The van der Waals surface area contributed by atoms with E-state index in [-0.39, 0.29) is 17.3 Å². The summed E-state index contributed by atoms with van der Waals surface area (Å²) < 4.78 is 35.2. The Kier molecular flexibility index (Phi) is 10.5. The molecule has 0 fully saturated rings. The van der Waals surface area contributed by atoms with Crippen molar-refractivity contribution < 1.29 is 22.7 Å². The van der Waals surface area contributed by atoms with E-state index in [0.29, 0.717) is 24.6 Å². The number of nitrogens with zero attached hydrogens (tertiary/aromatic N) is 2. The van der Waals surface area contributed by atoms with Crippen LogP contribution < -0.4 is 14.4 Å². The van der Waals surface area contributed by atoms with E-state index in [1.54, 1.807) is 50.2 Å². The minimum absolute atomic E-state index is 0.0237. The van der Waals surface area contributed by atoms with Crippen LogP contribution in [0.2, 0.25) is 0 Å². The fourth-order valence-corrected chi connectivity index (χ4v) is 5.61. The van der Waals surface area contributed by atoms with Crippen molar-refractivity contribution >= 4 is 43.5 Å². The summed E-state index contributed by atoms with van der Waals surface area (Å²) in [6.45, 7) is 7.69. The third-order valence-corrected chi connectivity index (χ3v) is 8.42. The van der Waals surface area contributed by atoms with Crippen LogP contribution in [0.25, 0.3) is 0 Å². The van der Waals surface area contributed by atoms with E-state index in [1.165, 1.54) is 17.0 Å². The number of carbonyl (C=O) groups excluding carboxylic acids is 2. The molecule has 0 aliphatic rings. The van der Waals surface area contributed by atoms with Gasteiger partial charge in [-0.05, 0) is 81.8 Å². The van der Waals surface area contributed by atoms with Crippen molar-refractivity contribution in [3.05, 3.63) is 88.4 Å². The zero-order chi connectivity index (χ0) is 28.6. The minimum Gasteiger partial charge on any atom is -0.494 e. The molecule has 10 heteroatoms. The molecule has 208 valence electrons. The molecule has 1 atom stereocenters. The van der Waals surface area contributed by atoms with Crippen LogP contribution in [0.15, 0.2) is 82.2 Å². The third kappa shape index (κ3) is 7.83. The number of aryl methyl sites for hydroxylation is 1. The lowest BCUT2D eigenvalue weighted by atomic mass is 10.1. The van der Waals surface area contributed by atoms with Gasteiger partial charge in [0.15, 0.2) is 0 Å². The normalized spacial score (nSPS) is 11.9. The average Bonchev–Trinajstić information content (AvgIpc) is 2.92. The van der Waals surface area contributed by atoms with E-state index < -0.39 is 28.5 Å². The molecule has 1 N–H and O–H groups in total. The number of anilines is 1. The van der Waals surface area contributed by atoms with Gasteiger partial charge in [-0.2, -0.15) is 0 Å². The topological polar surface area (TPSA) is 96.0 Å². The van der Waals surface area contributed by atoms with Crippen molar-refractivity contribution in [3.63, 3.8) is 0 Å². The summed E-state index contributed by atoms with van der Waals surface area (Å²) in [4.78, 5) is 28.0. The quantitative estimate of drug-likeness (QED) is 0.312. The van der Waals surface area contributed by atoms with Crippen LogP contribution in [0.1, 0.15) is 31.9 Å².